The summed E-state index contributed by atoms with van der Waals surface area (Å²) in [4.78, 5) is 36.2. The van der Waals surface area contributed by atoms with Gasteiger partial charge in [-0.3, -0.25) is 0 Å². The number of amides is 1. The van der Waals surface area contributed by atoms with E-state index in [1.165, 1.54) is 44.8 Å². The summed E-state index contributed by atoms with van der Waals surface area (Å²) >= 11 is 0. The van der Waals surface area contributed by atoms with E-state index in [-0.39, 0.29) is 36.5 Å². The molecule has 2 aromatic rings. The van der Waals surface area contributed by atoms with E-state index in [0.29, 0.717) is 12.6 Å². The number of nitrogens with one attached hydrogen (secondary N) is 1. The molecule has 0 aliphatic carbocycles. The number of carbonyl (C=O) groups is 3. The highest BCUT2D eigenvalue weighted by Gasteiger charge is 2.33. The largest absolute Gasteiger partial charge is 0.466 e. The molecule has 1 amide bonds. The van der Waals surface area contributed by atoms with E-state index >= 15 is 0 Å². The van der Waals surface area contributed by atoms with Crippen molar-refractivity contribution in [1.82, 2.24) is 10.2 Å². The highest BCUT2D eigenvalue weighted by Crippen LogP contribution is 2.33. The first-order valence-corrected chi connectivity index (χ1v) is 14.0. The van der Waals surface area contributed by atoms with Gasteiger partial charge < -0.3 is 24.4 Å². The first kappa shape index (κ1) is 34.6. The van der Waals surface area contributed by atoms with Crippen molar-refractivity contribution in [1.29, 1.82) is 0 Å². The number of esters is 2. The van der Waals surface area contributed by atoms with Crippen molar-refractivity contribution in [3.63, 3.8) is 0 Å². The Balaban J connectivity index is 0.000000302. The first-order valence-electron chi connectivity index (χ1n) is 14.0. The molecule has 0 bridgehead atoms. The number of halogens is 1. The van der Waals surface area contributed by atoms with E-state index in [1.54, 1.807) is 17.1 Å². The van der Waals surface area contributed by atoms with E-state index in [2.05, 4.69) is 26.9 Å². The predicted octanol–water partition coefficient (Wildman–Crippen LogP) is 6.66. The smallest absolute Gasteiger partial charge is 0.410 e. The van der Waals surface area contributed by atoms with Crippen LogP contribution in [0.3, 0.4) is 0 Å². The van der Waals surface area contributed by atoms with Crippen molar-refractivity contribution in [2.45, 2.75) is 64.1 Å². The van der Waals surface area contributed by atoms with Crippen molar-refractivity contribution < 1.29 is 28.6 Å². The molecule has 8 nitrogen and oxygen atoms in total. The summed E-state index contributed by atoms with van der Waals surface area (Å²) in [5.41, 5.74) is 3.82. The lowest BCUT2D eigenvalue weighted by Gasteiger charge is -2.28. The Labute approximate surface area is 255 Å². The minimum atomic E-state index is -0.493. The number of likely N-dealkylation sites (tertiary alicyclic amines) is 1. The summed E-state index contributed by atoms with van der Waals surface area (Å²) < 4.78 is 14.6. The first-order chi connectivity index (χ1) is 19.6. The minimum Gasteiger partial charge on any atom is -0.466 e. The molecule has 0 unspecified atom stereocenters. The van der Waals surface area contributed by atoms with Crippen molar-refractivity contribution in [3.05, 3.63) is 82.9 Å². The van der Waals surface area contributed by atoms with Crippen LogP contribution in [0.15, 0.2) is 60.7 Å². The summed E-state index contributed by atoms with van der Waals surface area (Å²) in [6, 6.07) is 16.6. The molecule has 2 aliphatic heterocycles. The molecule has 42 heavy (non-hydrogen) atoms. The fourth-order valence-electron chi connectivity index (χ4n) is 4.75. The van der Waals surface area contributed by atoms with E-state index < -0.39 is 5.60 Å². The summed E-state index contributed by atoms with van der Waals surface area (Å²) in [7, 11) is 2.72. The molecule has 0 radical (unpaired) electrons. The van der Waals surface area contributed by atoms with Crippen LogP contribution in [-0.4, -0.2) is 55.8 Å². The zero-order valence-electron chi connectivity index (χ0n) is 25.1. The van der Waals surface area contributed by atoms with E-state index in [0.717, 1.165) is 36.1 Å². The van der Waals surface area contributed by atoms with Crippen LogP contribution >= 0.6 is 12.4 Å². The van der Waals surface area contributed by atoms with Crippen molar-refractivity contribution in [3.8, 4) is 0 Å². The topological polar surface area (TPSA) is 94.2 Å². The van der Waals surface area contributed by atoms with Gasteiger partial charge in [0, 0.05) is 24.7 Å². The van der Waals surface area contributed by atoms with Crippen LogP contribution in [0.5, 0.6) is 0 Å². The van der Waals surface area contributed by atoms with Crippen LogP contribution in [-0.2, 0) is 23.8 Å². The Bertz CT molecular complexity index is 1210. The normalized spacial score (nSPS) is 18.3. The summed E-state index contributed by atoms with van der Waals surface area (Å²) in [6.07, 6.45) is 10.4. The molecule has 2 aliphatic rings. The number of carbonyl (C=O) groups excluding carboxylic acids is 3. The molecular formula is C33H43ClN2O6. The van der Waals surface area contributed by atoms with Gasteiger partial charge in [0.15, 0.2) is 0 Å². The number of hydrogen-bond donors (Lipinski definition) is 1. The Kier molecular flexibility index (Phi) is 13.8. The SMILES string of the molecule is COC(=O)/C=C/c1ccc([C@@H]2CCCN2)cc1.COC(=O)/C=C/c1ccc([C@@H]2CCCN2C(=O)OC(C)(C)C)cc1.Cl. The lowest BCUT2D eigenvalue weighted by Crippen LogP contribution is -2.36. The van der Waals surface area contributed by atoms with Gasteiger partial charge in [-0.15, -0.1) is 12.4 Å². The van der Waals surface area contributed by atoms with Gasteiger partial charge in [-0.25, -0.2) is 14.4 Å². The maximum atomic E-state index is 12.4. The molecule has 4 rings (SSSR count). The molecule has 2 atom stereocenters. The number of rotatable bonds is 6. The standard InChI is InChI=1S/C19H25NO4.C14H17NO2.ClH/c1-19(2,3)24-18(22)20-13-5-6-16(20)15-10-7-14(8-11-15)9-12-17(21)23-4;1-17-14(16)9-6-11-4-7-12(8-5-11)13-3-2-10-15-13;/h7-12,16H,5-6,13H2,1-4H3;4-9,13,15H,2-3,10H2,1H3;1H/b12-9+;9-6+;/t16-;13-;/m00./s1. The van der Waals surface area contributed by atoms with Gasteiger partial charge in [-0.2, -0.15) is 0 Å². The maximum Gasteiger partial charge on any atom is 0.410 e. The fraction of sp³-hybridized carbons (Fsp3) is 0.424. The van der Waals surface area contributed by atoms with Crippen LogP contribution in [0.4, 0.5) is 4.79 Å². The predicted molar refractivity (Wildman–Crippen MR) is 167 cm³/mol. The third-order valence-electron chi connectivity index (χ3n) is 6.83. The van der Waals surface area contributed by atoms with Gasteiger partial charge in [0.2, 0.25) is 0 Å². The lowest BCUT2D eigenvalue weighted by atomic mass is 10.0. The second-order valence-electron chi connectivity index (χ2n) is 11.0. The molecule has 2 saturated heterocycles. The van der Waals surface area contributed by atoms with Crippen molar-refractivity contribution >= 4 is 42.6 Å². The lowest BCUT2D eigenvalue weighted by molar-refractivity contribution is -0.135. The Morgan fingerprint density at radius 1 is 0.810 bits per heavy atom. The van der Waals surface area contributed by atoms with Gasteiger partial charge in [0.25, 0.3) is 0 Å². The summed E-state index contributed by atoms with van der Waals surface area (Å²) in [6.45, 7) is 7.44. The third-order valence-corrected chi connectivity index (χ3v) is 6.83. The van der Waals surface area contributed by atoms with Crippen LogP contribution < -0.4 is 5.32 Å². The van der Waals surface area contributed by atoms with E-state index in [1.807, 2.05) is 57.2 Å². The zero-order chi connectivity index (χ0) is 29.8. The van der Waals surface area contributed by atoms with Crippen molar-refractivity contribution in [2.24, 2.45) is 0 Å². The third kappa shape index (κ3) is 11.0. The van der Waals surface area contributed by atoms with Gasteiger partial charge in [0.05, 0.1) is 20.3 Å². The molecule has 2 heterocycles. The number of ether oxygens (including phenoxy) is 3. The van der Waals surface area contributed by atoms with Crippen LogP contribution in [0.1, 0.15) is 80.8 Å². The van der Waals surface area contributed by atoms with Crippen LogP contribution in [0, 0.1) is 0 Å². The van der Waals surface area contributed by atoms with Gasteiger partial charge in [-0.1, -0.05) is 48.5 Å². The number of hydrogen-bond acceptors (Lipinski definition) is 7. The van der Waals surface area contributed by atoms with E-state index in [9.17, 15) is 14.4 Å². The highest BCUT2D eigenvalue weighted by atomic mass is 35.5. The van der Waals surface area contributed by atoms with Gasteiger partial charge in [-0.05, 0) is 87.4 Å². The molecule has 0 spiro atoms. The van der Waals surface area contributed by atoms with Crippen molar-refractivity contribution in [2.75, 3.05) is 27.3 Å². The molecular weight excluding hydrogens is 556 g/mol. The molecule has 1 N–H and O–H groups in total. The molecule has 0 saturated carbocycles. The number of methoxy groups -OCH3 is 2. The second-order valence-corrected chi connectivity index (χ2v) is 11.0. The molecule has 2 aromatic carbocycles. The maximum absolute atomic E-state index is 12.4. The summed E-state index contributed by atoms with van der Waals surface area (Å²) in [5, 5.41) is 3.46. The van der Waals surface area contributed by atoms with E-state index in [4.69, 9.17) is 4.74 Å². The van der Waals surface area contributed by atoms with Gasteiger partial charge in [0.1, 0.15) is 5.60 Å². The Hall–Kier alpha value is -3.62. The average Bonchev–Trinajstić information content (AvgIpc) is 3.68. The molecule has 9 heteroatoms. The Morgan fingerprint density at radius 3 is 1.79 bits per heavy atom. The molecule has 0 aromatic heterocycles. The minimum absolute atomic E-state index is 0. The quantitative estimate of drug-likeness (QED) is 0.226. The number of nitrogens with zero attached hydrogens (tertiary/aromatic N) is 1. The average molecular weight is 599 g/mol. The fourth-order valence-corrected chi connectivity index (χ4v) is 4.75. The monoisotopic (exact) mass is 598 g/mol. The summed E-state index contributed by atoms with van der Waals surface area (Å²) in [5.74, 6) is -0.711. The Morgan fingerprint density at radius 2 is 1.33 bits per heavy atom. The van der Waals surface area contributed by atoms with Crippen LogP contribution in [0.25, 0.3) is 12.2 Å². The second kappa shape index (κ2) is 16.7. The highest BCUT2D eigenvalue weighted by molar-refractivity contribution is 5.87. The number of benzene rings is 2. The van der Waals surface area contributed by atoms with Gasteiger partial charge >= 0.3 is 18.0 Å². The molecule has 228 valence electrons. The van der Waals surface area contributed by atoms with Crippen LogP contribution in [0.2, 0.25) is 0 Å². The zero-order valence-corrected chi connectivity index (χ0v) is 25.9. The molecule has 2 fully saturated rings.